The fraction of sp³-hybridized carbons (Fsp3) is 0.500. The van der Waals surface area contributed by atoms with Gasteiger partial charge in [0.15, 0.2) is 0 Å². The third-order valence-corrected chi connectivity index (χ3v) is 2.40. The Hall–Kier alpha value is -1.65. The summed E-state index contributed by atoms with van der Waals surface area (Å²) in [5, 5.41) is 6.66. The first kappa shape index (κ1) is 9.89. The van der Waals surface area contributed by atoms with Gasteiger partial charge in [-0.15, -0.1) is 5.10 Å². The molecule has 1 aromatic heterocycles. The molecule has 1 aliphatic rings. The Bertz CT molecular complexity index is 383. The van der Waals surface area contributed by atoms with Crippen LogP contribution in [0.4, 0.5) is 0 Å². The zero-order chi connectivity index (χ0) is 10.7. The standard InChI is InChI=1S/C10H14N4O/c1-2-8-11-9(13-12-8)10(15)14-6-4-3-5-7-14/h3-4H,2,5-7H2,1H3,(H,11,12,13). The summed E-state index contributed by atoms with van der Waals surface area (Å²) in [5.74, 6) is 0.948. The molecule has 0 aromatic carbocycles. The number of nitrogens with zero attached hydrogens (tertiary/aromatic N) is 3. The lowest BCUT2D eigenvalue weighted by Crippen LogP contribution is -2.34. The van der Waals surface area contributed by atoms with E-state index >= 15 is 0 Å². The van der Waals surface area contributed by atoms with E-state index in [1.165, 1.54) is 0 Å². The summed E-state index contributed by atoms with van der Waals surface area (Å²) in [6, 6.07) is 0. The van der Waals surface area contributed by atoms with Crippen LogP contribution in [0.5, 0.6) is 0 Å². The maximum Gasteiger partial charge on any atom is 0.293 e. The maximum atomic E-state index is 11.9. The summed E-state index contributed by atoms with van der Waals surface area (Å²) in [4.78, 5) is 17.8. The van der Waals surface area contributed by atoms with Gasteiger partial charge < -0.3 is 4.90 Å². The minimum absolute atomic E-state index is 0.0877. The fourth-order valence-electron chi connectivity index (χ4n) is 1.52. The van der Waals surface area contributed by atoms with Crippen molar-refractivity contribution >= 4 is 5.91 Å². The molecule has 2 rings (SSSR count). The predicted octanol–water partition coefficient (Wildman–Crippen LogP) is 0.769. The summed E-state index contributed by atoms with van der Waals surface area (Å²) in [6.45, 7) is 3.39. The van der Waals surface area contributed by atoms with Gasteiger partial charge in [0.05, 0.1) is 0 Å². The molecule has 1 aliphatic heterocycles. The zero-order valence-corrected chi connectivity index (χ0v) is 8.73. The number of aromatic amines is 1. The zero-order valence-electron chi connectivity index (χ0n) is 8.73. The Balaban J connectivity index is 2.09. The van der Waals surface area contributed by atoms with Crippen molar-refractivity contribution in [2.45, 2.75) is 19.8 Å². The third kappa shape index (κ3) is 2.06. The first-order chi connectivity index (χ1) is 7.31. The van der Waals surface area contributed by atoms with Crippen molar-refractivity contribution in [3.8, 4) is 0 Å². The molecule has 0 saturated carbocycles. The molecule has 0 aliphatic carbocycles. The number of aryl methyl sites for hydroxylation is 1. The van der Waals surface area contributed by atoms with Gasteiger partial charge in [-0.3, -0.25) is 9.89 Å². The Morgan fingerprint density at radius 1 is 1.60 bits per heavy atom. The summed E-state index contributed by atoms with van der Waals surface area (Å²) in [6.07, 6.45) is 5.75. The van der Waals surface area contributed by atoms with Gasteiger partial charge in [-0.05, 0) is 6.42 Å². The summed E-state index contributed by atoms with van der Waals surface area (Å²) >= 11 is 0. The van der Waals surface area contributed by atoms with Crippen molar-refractivity contribution in [3.63, 3.8) is 0 Å². The first-order valence-electron chi connectivity index (χ1n) is 5.17. The number of H-pyrrole nitrogens is 1. The second-order valence-electron chi connectivity index (χ2n) is 3.47. The monoisotopic (exact) mass is 206 g/mol. The molecule has 5 nitrogen and oxygen atoms in total. The molecular weight excluding hydrogens is 192 g/mol. The lowest BCUT2D eigenvalue weighted by Gasteiger charge is -2.21. The van der Waals surface area contributed by atoms with Gasteiger partial charge >= 0.3 is 0 Å². The molecule has 80 valence electrons. The topological polar surface area (TPSA) is 61.9 Å². The second kappa shape index (κ2) is 4.25. The van der Waals surface area contributed by atoms with Crippen LogP contribution in [0.3, 0.4) is 0 Å². The third-order valence-electron chi connectivity index (χ3n) is 2.40. The Morgan fingerprint density at radius 2 is 2.47 bits per heavy atom. The highest BCUT2D eigenvalue weighted by atomic mass is 16.2. The molecule has 0 radical (unpaired) electrons. The van der Waals surface area contributed by atoms with E-state index < -0.39 is 0 Å². The fourth-order valence-corrected chi connectivity index (χ4v) is 1.52. The van der Waals surface area contributed by atoms with Crippen molar-refractivity contribution in [2.75, 3.05) is 13.1 Å². The lowest BCUT2D eigenvalue weighted by molar-refractivity contribution is 0.0759. The van der Waals surface area contributed by atoms with E-state index in [-0.39, 0.29) is 11.7 Å². The van der Waals surface area contributed by atoms with Crippen molar-refractivity contribution in [3.05, 3.63) is 23.8 Å². The summed E-state index contributed by atoms with van der Waals surface area (Å²) in [5.41, 5.74) is 0. The van der Waals surface area contributed by atoms with Gasteiger partial charge in [-0.25, -0.2) is 4.98 Å². The van der Waals surface area contributed by atoms with Crippen LogP contribution in [-0.2, 0) is 6.42 Å². The molecule has 0 saturated heterocycles. The van der Waals surface area contributed by atoms with Gasteiger partial charge in [0.2, 0.25) is 5.82 Å². The molecule has 15 heavy (non-hydrogen) atoms. The highest BCUT2D eigenvalue weighted by Crippen LogP contribution is 2.05. The Labute approximate surface area is 88.2 Å². The van der Waals surface area contributed by atoms with Crippen molar-refractivity contribution in [2.24, 2.45) is 0 Å². The van der Waals surface area contributed by atoms with E-state index in [2.05, 4.69) is 21.3 Å². The maximum absolute atomic E-state index is 11.9. The Morgan fingerprint density at radius 3 is 3.07 bits per heavy atom. The summed E-state index contributed by atoms with van der Waals surface area (Å²) in [7, 11) is 0. The van der Waals surface area contributed by atoms with Gasteiger partial charge in [0.25, 0.3) is 5.91 Å². The predicted molar refractivity (Wildman–Crippen MR) is 55.4 cm³/mol. The average molecular weight is 206 g/mol. The molecule has 5 heteroatoms. The largest absolute Gasteiger partial charge is 0.332 e. The molecule has 1 amide bonds. The quantitative estimate of drug-likeness (QED) is 0.727. The molecule has 0 atom stereocenters. The Kier molecular flexibility index (Phi) is 2.80. The van der Waals surface area contributed by atoms with Crippen molar-refractivity contribution in [1.82, 2.24) is 20.1 Å². The molecule has 1 N–H and O–H groups in total. The highest BCUT2D eigenvalue weighted by Gasteiger charge is 2.19. The second-order valence-corrected chi connectivity index (χ2v) is 3.47. The first-order valence-corrected chi connectivity index (χ1v) is 5.17. The van der Waals surface area contributed by atoms with Crippen LogP contribution in [0.1, 0.15) is 29.8 Å². The molecule has 2 heterocycles. The number of rotatable bonds is 2. The van der Waals surface area contributed by atoms with E-state index in [4.69, 9.17) is 0 Å². The SMILES string of the molecule is CCc1nc(C(=O)N2CC=CCC2)n[nH]1. The van der Waals surface area contributed by atoms with Crippen molar-refractivity contribution in [1.29, 1.82) is 0 Å². The lowest BCUT2D eigenvalue weighted by atomic mass is 10.2. The van der Waals surface area contributed by atoms with E-state index in [1.54, 1.807) is 4.90 Å². The number of carbonyl (C=O) groups excluding carboxylic acids is 1. The minimum Gasteiger partial charge on any atom is -0.332 e. The molecule has 1 aromatic rings. The van der Waals surface area contributed by atoms with E-state index in [1.807, 2.05) is 13.0 Å². The smallest absolute Gasteiger partial charge is 0.293 e. The minimum atomic E-state index is -0.0877. The normalized spacial score (nSPS) is 15.7. The molecule has 0 spiro atoms. The van der Waals surface area contributed by atoms with Crippen LogP contribution >= 0.6 is 0 Å². The number of nitrogens with one attached hydrogen (secondary N) is 1. The van der Waals surface area contributed by atoms with Crippen LogP contribution < -0.4 is 0 Å². The molecular formula is C10H14N4O. The van der Waals surface area contributed by atoms with Gasteiger partial charge in [-0.2, -0.15) is 0 Å². The van der Waals surface area contributed by atoms with Gasteiger partial charge in [0.1, 0.15) is 5.82 Å². The molecule has 0 unspecified atom stereocenters. The molecule has 0 fully saturated rings. The highest BCUT2D eigenvalue weighted by molar-refractivity contribution is 5.90. The van der Waals surface area contributed by atoms with E-state index in [0.29, 0.717) is 6.54 Å². The number of carbonyl (C=O) groups is 1. The molecule has 0 bridgehead atoms. The number of amides is 1. The van der Waals surface area contributed by atoms with Crippen LogP contribution in [0.15, 0.2) is 12.2 Å². The van der Waals surface area contributed by atoms with Gasteiger partial charge in [-0.1, -0.05) is 19.1 Å². The summed E-state index contributed by atoms with van der Waals surface area (Å²) < 4.78 is 0. The number of hydrogen-bond acceptors (Lipinski definition) is 3. The number of aromatic nitrogens is 3. The van der Waals surface area contributed by atoms with E-state index in [9.17, 15) is 4.79 Å². The van der Waals surface area contributed by atoms with Gasteiger partial charge in [0, 0.05) is 19.5 Å². The van der Waals surface area contributed by atoms with Crippen LogP contribution in [0.2, 0.25) is 0 Å². The van der Waals surface area contributed by atoms with E-state index in [0.717, 1.165) is 25.2 Å². The van der Waals surface area contributed by atoms with Crippen LogP contribution in [-0.4, -0.2) is 39.1 Å². The average Bonchev–Trinajstić information content (AvgIpc) is 2.78. The van der Waals surface area contributed by atoms with Crippen molar-refractivity contribution < 1.29 is 4.79 Å². The number of hydrogen-bond donors (Lipinski definition) is 1. The van der Waals surface area contributed by atoms with Crippen LogP contribution in [0, 0.1) is 0 Å². The van der Waals surface area contributed by atoms with Crippen LogP contribution in [0.25, 0.3) is 0 Å².